The summed E-state index contributed by atoms with van der Waals surface area (Å²) in [4.78, 5) is 29.9. The van der Waals surface area contributed by atoms with Crippen molar-refractivity contribution in [2.24, 2.45) is 0 Å². The van der Waals surface area contributed by atoms with Gasteiger partial charge in [-0.25, -0.2) is 4.79 Å². The van der Waals surface area contributed by atoms with Gasteiger partial charge in [-0.05, 0) is 66.8 Å². The number of rotatable bonds is 8. The Morgan fingerprint density at radius 1 is 1.15 bits per heavy atom. The molecule has 0 aliphatic carbocycles. The van der Waals surface area contributed by atoms with Crippen molar-refractivity contribution in [3.63, 3.8) is 0 Å². The Hall–Kier alpha value is -4.25. The minimum atomic E-state index is -1.02. The molecule has 0 unspecified atom stereocenters. The van der Waals surface area contributed by atoms with Crippen LogP contribution in [0.15, 0.2) is 83.4 Å². The normalized spacial score (nSPS) is 16.7. The van der Waals surface area contributed by atoms with Gasteiger partial charge in [0, 0.05) is 24.6 Å². The van der Waals surface area contributed by atoms with Gasteiger partial charge in [-0.15, -0.1) is 0 Å². The number of thiocarbonyl (C=S) groups is 1. The van der Waals surface area contributed by atoms with Crippen LogP contribution in [0.5, 0.6) is 0 Å². The third-order valence-electron chi connectivity index (χ3n) is 6.19. The zero-order valence-corrected chi connectivity index (χ0v) is 22.2. The summed E-state index contributed by atoms with van der Waals surface area (Å²) >= 11 is 12.3. The summed E-state index contributed by atoms with van der Waals surface area (Å²) in [7, 11) is 1.44. The number of benzene rings is 2. The quantitative estimate of drug-likeness (QED) is 0.241. The van der Waals surface area contributed by atoms with Gasteiger partial charge >= 0.3 is 5.97 Å². The first-order chi connectivity index (χ1) is 18.9. The van der Waals surface area contributed by atoms with E-state index in [-0.39, 0.29) is 24.1 Å². The minimum absolute atomic E-state index is 0.0950. The zero-order chi connectivity index (χ0) is 27.5. The summed E-state index contributed by atoms with van der Waals surface area (Å²) in [5.41, 5.74) is 2.67. The third-order valence-corrected chi connectivity index (χ3v) is 6.82. The van der Waals surface area contributed by atoms with E-state index in [0.717, 1.165) is 5.69 Å². The van der Waals surface area contributed by atoms with E-state index in [1.807, 2.05) is 29.2 Å². The summed E-state index contributed by atoms with van der Waals surface area (Å²) in [6.45, 7) is -0.0950. The first-order valence-corrected chi connectivity index (χ1v) is 12.7. The van der Waals surface area contributed by atoms with Crippen molar-refractivity contribution in [3.05, 3.63) is 101 Å². The van der Waals surface area contributed by atoms with Crippen LogP contribution < -0.4 is 15.5 Å². The van der Waals surface area contributed by atoms with E-state index >= 15 is 0 Å². The molecule has 1 aliphatic heterocycles. The average molecular weight is 563 g/mol. The van der Waals surface area contributed by atoms with Gasteiger partial charge in [0.15, 0.2) is 5.11 Å². The molecule has 4 aromatic rings. The zero-order valence-electron chi connectivity index (χ0n) is 20.6. The molecule has 3 heterocycles. The van der Waals surface area contributed by atoms with E-state index in [1.54, 1.807) is 48.7 Å². The topological polar surface area (TPSA) is 117 Å². The number of carbonyl (C=O) groups is 2. The van der Waals surface area contributed by atoms with Gasteiger partial charge in [0.1, 0.15) is 24.2 Å². The number of ether oxygens (including phenoxy) is 1. The van der Waals surface area contributed by atoms with Crippen LogP contribution in [0.4, 0.5) is 11.4 Å². The molecule has 2 atom stereocenters. The highest BCUT2D eigenvalue weighted by atomic mass is 35.5. The molecule has 1 fully saturated rings. The molecule has 0 spiro atoms. The van der Waals surface area contributed by atoms with Crippen LogP contribution in [0.3, 0.4) is 0 Å². The van der Waals surface area contributed by atoms with Crippen LogP contribution in [-0.4, -0.2) is 40.8 Å². The standard InChI is InChI=1S/C28H23ClN4O5S/c1-37-15-24(34)31-20-9-8-18(14-19(20)29)33-26(25(32-28(33)39)21-7-2-3-12-30-21)23-11-10-22(38-23)16-5-4-6-17(13-16)27(35)36/h2-14,25-26H,15H2,1H3,(H,31,34)(H,32,39)(H,35,36)/t25-,26+/m1/s1. The van der Waals surface area contributed by atoms with Crippen molar-refractivity contribution in [1.29, 1.82) is 0 Å². The predicted octanol–water partition coefficient (Wildman–Crippen LogP) is 5.46. The SMILES string of the molecule is COCC(=O)Nc1ccc(N2C(=S)N[C@H](c3ccccn3)[C@@H]2c2ccc(-c3cccc(C(=O)O)c3)o2)cc1Cl. The van der Waals surface area contributed by atoms with E-state index < -0.39 is 12.0 Å². The number of methoxy groups -OCH3 is 1. The maximum Gasteiger partial charge on any atom is 0.335 e. The molecular weight excluding hydrogens is 540 g/mol. The second kappa shape index (κ2) is 11.2. The first-order valence-electron chi connectivity index (χ1n) is 11.9. The van der Waals surface area contributed by atoms with E-state index in [2.05, 4.69) is 15.6 Å². The number of pyridine rings is 1. The van der Waals surface area contributed by atoms with Crippen molar-refractivity contribution < 1.29 is 23.8 Å². The smallest absolute Gasteiger partial charge is 0.335 e. The number of amides is 1. The second-order valence-corrected chi connectivity index (χ2v) is 9.52. The number of carboxylic acids is 1. The summed E-state index contributed by atoms with van der Waals surface area (Å²) in [6.07, 6.45) is 1.71. The summed E-state index contributed by atoms with van der Waals surface area (Å²) in [5, 5.41) is 16.2. The Balaban J connectivity index is 1.54. The highest BCUT2D eigenvalue weighted by Crippen LogP contribution is 2.44. The number of nitrogens with one attached hydrogen (secondary N) is 2. The fraction of sp³-hybridized carbons (Fsp3) is 0.143. The van der Waals surface area contributed by atoms with E-state index in [4.69, 9.17) is 33.0 Å². The number of hydrogen-bond donors (Lipinski definition) is 3. The Kier molecular flexibility index (Phi) is 7.60. The predicted molar refractivity (Wildman–Crippen MR) is 151 cm³/mol. The molecule has 3 N–H and O–H groups in total. The third kappa shape index (κ3) is 5.49. The fourth-order valence-corrected chi connectivity index (χ4v) is 5.03. The van der Waals surface area contributed by atoms with Crippen LogP contribution in [0.25, 0.3) is 11.3 Å². The number of carboxylic acid groups (broad SMARTS) is 1. The number of aromatic nitrogens is 1. The lowest BCUT2D eigenvalue weighted by Gasteiger charge is -2.26. The number of carbonyl (C=O) groups excluding carboxylic acids is 1. The minimum Gasteiger partial charge on any atom is -0.478 e. The van der Waals surface area contributed by atoms with Crippen LogP contribution >= 0.6 is 23.8 Å². The van der Waals surface area contributed by atoms with Crippen molar-refractivity contribution in [3.8, 4) is 11.3 Å². The molecule has 1 saturated heterocycles. The Bertz CT molecular complexity index is 1540. The number of anilines is 2. The molecule has 0 bridgehead atoms. The number of hydrogen-bond acceptors (Lipinski definition) is 6. The number of nitrogens with zero attached hydrogens (tertiary/aromatic N) is 2. The van der Waals surface area contributed by atoms with Gasteiger partial charge in [-0.3, -0.25) is 9.78 Å². The Morgan fingerprint density at radius 2 is 2.00 bits per heavy atom. The van der Waals surface area contributed by atoms with E-state index in [9.17, 15) is 14.7 Å². The van der Waals surface area contributed by atoms with Gasteiger partial charge in [-0.1, -0.05) is 29.8 Å². The van der Waals surface area contributed by atoms with E-state index in [1.165, 1.54) is 13.2 Å². The van der Waals surface area contributed by atoms with Gasteiger partial charge in [0.25, 0.3) is 0 Å². The molecule has 9 nitrogen and oxygen atoms in total. The maximum atomic E-state index is 12.0. The molecule has 5 rings (SSSR count). The van der Waals surface area contributed by atoms with E-state index in [0.29, 0.717) is 38.6 Å². The largest absolute Gasteiger partial charge is 0.478 e. The second-order valence-electron chi connectivity index (χ2n) is 8.73. The molecule has 39 heavy (non-hydrogen) atoms. The average Bonchev–Trinajstić information content (AvgIpc) is 3.55. The van der Waals surface area contributed by atoms with Gasteiger partial charge in [0.2, 0.25) is 5.91 Å². The van der Waals surface area contributed by atoms with Crippen molar-refractivity contribution in [2.45, 2.75) is 12.1 Å². The number of halogens is 1. The molecule has 198 valence electrons. The molecule has 0 saturated carbocycles. The lowest BCUT2D eigenvalue weighted by Crippen LogP contribution is -2.29. The summed E-state index contributed by atoms with van der Waals surface area (Å²) in [5.74, 6) is -0.245. The van der Waals surface area contributed by atoms with Crippen LogP contribution in [0, 0.1) is 0 Å². The molecule has 2 aromatic carbocycles. The molecule has 2 aromatic heterocycles. The highest BCUT2D eigenvalue weighted by molar-refractivity contribution is 7.80. The highest BCUT2D eigenvalue weighted by Gasteiger charge is 2.42. The molecule has 1 aliphatic rings. The lowest BCUT2D eigenvalue weighted by atomic mass is 10.0. The van der Waals surface area contributed by atoms with Crippen LogP contribution in [-0.2, 0) is 9.53 Å². The van der Waals surface area contributed by atoms with Crippen molar-refractivity contribution in [1.82, 2.24) is 10.3 Å². The maximum absolute atomic E-state index is 12.0. The summed E-state index contributed by atoms with van der Waals surface area (Å²) in [6, 6.07) is 20.2. The van der Waals surface area contributed by atoms with Gasteiger partial charge in [0.05, 0.1) is 28.0 Å². The number of furan rings is 1. The lowest BCUT2D eigenvalue weighted by molar-refractivity contribution is -0.119. The Morgan fingerprint density at radius 3 is 2.72 bits per heavy atom. The number of aromatic carboxylic acids is 1. The molecular formula is C28H23ClN4O5S. The van der Waals surface area contributed by atoms with Crippen LogP contribution in [0.2, 0.25) is 5.02 Å². The Labute approximate surface area is 234 Å². The van der Waals surface area contributed by atoms with Gasteiger partial charge < -0.3 is 29.8 Å². The van der Waals surface area contributed by atoms with Crippen molar-refractivity contribution in [2.75, 3.05) is 23.9 Å². The fourth-order valence-electron chi connectivity index (χ4n) is 4.47. The first kappa shape index (κ1) is 26.4. The van der Waals surface area contributed by atoms with Crippen LogP contribution in [0.1, 0.15) is 33.9 Å². The molecule has 11 heteroatoms. The summed E-state index contributed by atoms with van der Waals surface area (Å²) < 4.78 is 11.2. The monoisotopic (exact) mass is 562 g/mol. The van der Waals surface area contributed by atoms with Gasteiger partial charge in [-0.2, -0.15) is 0 Å². The van der Waals surface area contributed by atoms with Crippen molar-refractivity contribution >= 4 is 52.2 Å². The molecule has 0 radical (unpaired) electrons. The molecule has 1 amide bonds.